The molecular weight excluding hydrogens is 262 g/mol. The highest BCUT2D eigenvalue weighted by molar-refractivity contribution is 5.72. The predicted molar refractivity (Wildman–Crippen MR) is 72.0 cm³/mol. The van der Waals surface area contributed by atoms with Gasteiger partial charge < -0.3 is 19.7 Å². The standard InChI is InChI=1S/C14H25NO5/c1-14(2,3)20-13-11(19-13)15-9(10(16)12(17)18)7-8-5-4-6-8/h8-11,13,15-16H,4-7H2,1-3H3,(H,17,18). The van der Waals surface area contributed by atoms with E-state index in [4.69, 9.17) is 14.6 Å². The van der Waals surface area contributed by atoms with E-state index in [-0.39, 0.29) is 18.1 Å². The van der Waals surface area contributed by atoms with Crippen LogP contribution in [0, 0.1) is 5.92 Å². The van der Waals surface area contributed by atoms with Crippen molar-refractivity contribution in [2.75, 3.05) is 0 Å². The number of hydrogen-bond donors (Lipinski definition) is 3. The van der Waals surface area contributed by atoms with Gasteiger partial charge >= 0.3 is 5.97 Å². The van der Waals surface area contributed by atoms with Crippen LogP contribution in [0.4, 0.5) is 0 Å². The number of carboxylic acid groups (broad SMARTS) is 1. The first-order valence-corrected chi connectivity index (χ1v) is 7.26. The number of aliphatic carboxylic acids is 1. The molecule has 6 heteroatoms. The van der Waals surface area contributed by atoms with Crippen molar-refractivity contribution < 1.29 is 24.5 Å². The van der Waals surface area contributed by atoms with Gasteiger partial charge in [-0.1, -0.05) is 19.3 Å². The lowest BCUT2D eigenvalue weighted by atomic mass is 9.80. The molecule has 1 saturated carbocycles. The Morgan fingerprint density at radius 3 is 2.55 bits per heavy atom. The Morgan fingerprint density at radius 1 is 1.45 bits per heavy atom. The molecule has 4 atom stereocenters. The molecule has 2 fully saturated rings. The molecule has 1 aliphatic heterocycles. The average molecular weight is 287 g/mol. The van der Waals surface area contributed by atoms with Gasteiger partial charge in [-0.25, -0.2) is 4.79 Å². The molecule has 0 spiro atoms. The molecule has 1 saturated heterocycles. The fourth-order valence-corrected chi connectivity index (χ4v) is 2.41. The Kier molecular flexibility index (Phi) is 4.69. The Hall–Kier alpha value is -0.690. The Labute approximate surface area is 119 Å². The quantitative estimate of drug-likeness (QED) is 0.607. The summed E-state index contributed by atoms with van der Waals surface area (Å²) in [5, 5.41) is 21.8. The zero-order valence-electron chi connectivity index (χ0n) is 12.3. The lowest BCUT2D eigenvalue weighted by Crippen LogP contribution is -2.48. The van der Waals surface area contributed by atoms with Crippen LogP contribution in [0.3, 0.4) is 0 Å². The first kappa shape index (κ1) is 15.7. The number of carboxylic acids is 1. The van der Waals surface area contributed by atoms with Crippen molar-refractivity contribution in [3.63, 3.8) is 0 Å². The van der Waals surface area contributed by atoms with Gasteiger partial charge in [-0.15, -0.1) is 0 Å². The van der Waals surface area contributed by atoms with E-state index in [0.29, 0.717) is 12.3 Å². The first-order chi connectivity index (χ1) is 9.26. The highest BCUT2D eigenvalue weighted by atomic mass is 16.8. The minimum Gasteiger partial charge on any atom is -0.479 e. The van der Waals surface area contributed by atoms with Gasteiger partial charge in [0.15, 0.2) is 18.6 Å². The number of aliphatic hydroxyl groups is 1. The zero-order valence-corrected chi connectivity index (χ0v) is 12.3. The summed E-state index contributed by atoms with van der Waals surface area (Å²) in [7, 11) is 0. The van der Waals surface area contributed by atoms with Crippen LogP contribution in [0.2, 0.25) is 0 Å². The summed E-state index contributed by atoms with van der Waals surface area (Å²) in [4.78, 5) is 11.0. The smallest absolute Gasteiger partial charge is 0.334 e. The van der Waals surface area contributed by atoms with Crippen LogP contribution in [0.25, 0.3) is 0 Å². The van der Waals surface area contributed by atoms with Crippen molar-refractivity contribution in [1.82, 2.24) is 5.32 Å². The van der Waals surface area contributed by atoms with E-state index in [2.05, 4.69) is 5.32 Å². The molecule has 0 aromatic carbocycles. The second-order valence-electron chi connectivity index (χ2n) is 6.74. The van der Waals surface area contributed by atoms with Gasteiger partial charge in [0, 0.05) is 6.04 Å². The Bertz CT molecular complexity index is 350. The van der Waals surface area contributed by atoms with Crippen molar-refractivity contribution >= 4 is 5.97 Å². The van der Waals surface area contributed by atoms with Crippen LogP contribution >= 0.6 is 0 Å². The maximum Gasteiger partial charge on any atom is 0.334 e. The highest BCUT2D eigenvalue weighted by Crippen LogP contribution is 2.33. The molecule has 2 rings (SSSR count). The minimum atomic E-state index is -1.41. The minimum absolute atomic E-state index is 0.310. The molecule has 0 aromatic heterocycles. The van der Waals surface area contributed by atoms with Crippen molar-refractivity contribution in [3.05, 3.63) is 0 Å². The molecule has 0 radical (unpaired) electrons. The molecule has 1 aliphatic carbocycles. The van der Waals surface area contributed by atoms with Crippen LogP contribution in [-0.2, 0) is 14.3 Å². The fourth-order valence-electron chi connectivity index (χ4n) is 2.41. The topological polar surface area (TPSA) is 91.3 Å². The van der Waals surface area contributed by atoms with E-state index in [1.165, 1.54) is 6.42 Å². The van der Waals surface area contributed by atoms with E-state index >= 15 is 0 Å². The zero-order chi connectivity index (χ0) is 14.9. The maximum atomic E-state index is 11.0. The van der Waals surface area contributed by atoms with Gasteiger partial charge in [-0.05, 0) is 33.1 Å². The molecule has 0 aromatic rings. The van der Waals surface area contributed by atoms with E-state index in [1.807, 2.05) is 20.8 Å². The molecule has 1 heterocycles. The molecule has 3 N–H and O–H groups in total. The van der Waals surface area contributed by atoms with Gasteiger partial charge in [-0.2, -0.15) is 0 Å². The third-order valence-corrected chi connectivity index (χ3v) is 3.75. The van der Waals surface area contributed by atoms with Crippen LogP contribution in [0.1, 0.15) is 46.5 Å². The maximum absolute atomic E-state index is 11.0. The molecule has 0 bridgehead atoms. The van der Waals surface area contributed by atoms with Crippen molar-refractivity contribution in [2.45, 2.75) is 76.7 Å². The Balaban J connectivity index is 1.83. The third kappa shape index (κ3) is 4.41. The summed E-state index contributed by atoms with van der Waals surface area (Å²) < 4.78 is 11.0. The van der Waals surface area contributed by atoms with Crippen molar-refractivity contribution in [3.8, 4) is 0 Å². The lowest BCUT2D eigenvalue weighted by molar-refractivity contribution is -0.148. The van der Waals surface area contributed by atoms with Gasteiger partial charge in [0.2, 0.25) is 0 Å². The van der Waals surface area contributed by atoms with Gasteiger partial charge in [0.05, 0.1) is 5.60 Å². The summed E-state index contributed by atoms with van der Waals surface area (Å²) in [6.07, 6.45) is 1.98. The number of hydrogen-bond acceptors (Lipinski definition) is 5. The van der Waals surface area contributed by atoms with Gasteiger partial charge in [0.25, 0.3) is 0 Å². The summed E-state index contributed by atoms with van der Waals surface area (Å²) in [6.45, 7) is 5.80. The third-order valence-electron chi connectivity index (χ3n) is 3.75. The SMILES string of the molecule is CC(C)(C)OC1OC1NC(CC1CCC1)C(O)C(=O)O. The van der Waals surface area contributed by atoms with Crippen molar-refractivity contribution in [1.29, 1.82) is 0 Å². The van der Waals surface area contributed by atoms with Crippen molar-refractivity contribution in [2.24, 2.45) is 5.92 Å². The lowest BCUT2D eigenvalue weighted by Gasteiger charge is -2.31. The molecular formula is C14H25NO5. The molecule has 20 heavy (non-hydrogen) atoms. The van der Waals surface area contributed by atoms with Crippen LogP contribution < -0.4 is 5.32 Å². The monoisotopic (exact) mass is 287 g/mol. The number of nitrogens with one attached hydrogen (secondary N) is 1. The summed E-state index contributed by atoms with van der Waals surface area (Å²) in [5.41, 5.74) is -0.310. The largest absolute Gasteiger partial charge is 0.479 e. The Morgan fingerprint density at radius 2 is 2.10 bits per heavy atom. The van der Waals surface area contributed by atoms with Crippen LogP contribution in [0.5, 0.6) is 0 Å². The molecule has 0 amide bonds. The van der Waals surface area contributed by atoms with E-state index in [1.54, 1.807) is 0 Å². The number of ether oxygens (including phenoxy) is 2. The van der Waals surface area contributed by atoms with E-state index in [9.17, 15) is 9.90 Å². The predicted octanol–water partition coefficient (Wildman–Crippen LogP) is 1.08. The first-order valence-electron chi connectivity index (χ1n) is 7.26. The van der Waals surface area contributed by atoms with Crippen LogP contribution in [0.15, 0.2) is 0 Å². The average Bonchev–Trinajstić information content (AvgIpc) is 2.95. The fraction of sp³-hybridized carbons (Fsp3) is 0.929. The van der Waals surface area contributed by atoms with Gasteiger partial charge in [0.1, 0.15) is 0 Å². The van der Waals surface area contributed by atoms with Gasteiger partial charge in [-0.3, -0.25) is 5.32 Å². The number of aliphatic hydroxyl groups excluding tert-OH is 1. The molecule has 4 unspecified atom stereocenters. The molecule has 116 valence electrons. The van der Waals surface area contributed by atoms with Crippen LogP contribution in [-0.4, -0.2) is 46.4 Å². The van der Waals surface area contributed by atoms with E-state index in [0.717, 1.165) is 12.8 Å². The summed E-state index contributed by atoms with van der Waals surface area (Å²) >= 11 is 0. The number of carbonyl (C=O) groups is 1. The summed E-state index contributed by atoms with van der Waals surface area (Å²) in [6, 6.07) is -0.489. The molecule has 2 aliphatic rings. The number of epoxide rings is 1. The second kappa shape index (κ2) is 5.97. The normalized spacial score (nSPS) is 29.6. The highest BCUT2D eigenvalue weighted by Gasteiger charge is 2.45. The number of rotatable bonds is 7. The summed E-state index contributed by atoms with van der Waals surface area (Å²) in [5.74, 6) is -0.696. The molecule has 6 nitrogen and oxygen atoms in total. The van der Waals surface area contributed by atoms with E-state index < -0.39 is 18.1 Å². The second-order valence-corrected chi connectivity index (χ2v) is 6.74.